The molecule has 5 nitrogen and oxygen atoms in total. The highest BCUT2D eigenvalue weighted by atomic mass is 19.1. The Labute approximate surface area is 138 Å². The van der Waals surface area contributed by atoms with Gasteiger partial charge in [-0.05, 0) is 55.3 Å². The number of aromatic nitrogens is 2. The van der Waals surface area contributed by atoms with Crippen LogP contribution in [0.3, 0.4) is 0 Å². The zero-order chi connectivity index (χ0) is 17.3. The average molecular weight is 325 g/mol. The number of benzene rings is 2. The Morgan fingerprint density at radius 3 is 2.62 bits per heavy atom. The highest BCUT2D eigenvalue weighted by Crippen LogP contribution is 2.31. The van der Waals surface area contributed by atoms with Gasteiger partial charge in [-0.15, -0.1) is 0 Å². The van der Waals surface area contributed by atoms with E-state index >= 15 is 0 Å². The maximum absolute atomic E-state index is 13.6. The van der Waals surface area contributed by atoms with Gasteiger partial charge in [-0.2, -0.15) is 5.10 Å². The number of rotatable bonds is 3. The number of nitrogens with one attached hydrogen (secondary N) is 2. The summed E-state index contributed by atoms with van der Waals surface area (Å²) in [5.74, 6) is -0.940. The summed E-state index contributed by atoms with van der Waals surface area (Å²) in [5.41, 5.74) is 3.19. The van der Waals surface area contributed by atoms with Crippen LogP contribution < -0.4 is 5.32 Å². The van der Waals surface area contributed by atoms with Crippen LogP contribution in [0.4, 0.5) is 10.1 Å². The molecule has 0 bridgehead atoms. The normalized spacial score (nSPS) is 10.6. The Morgan fingerprint density at radius 2 is 1.88 bits per heavy atom. The summed E-state index contributed by atoms with van der Waals surface area (Å²) in [7, 11) is 0. The lowest BCUT2D eigenvalue weighted by Crippen LogP contribution is -2.13. The van der Waals surface area contributed by atoms with E-state index in [9.17, 15) is 14.3 Å². The third-order valence-corrected chi connectivity index (χ3v) is 3.83. The molecule has 0 aliphatic heterocycles. The number of hydrogen-bond donors (Lipinski definition) is 3. The smallest absolute Gasteiger partial charge is 0.273 e. The first kappa shape index (κ1) is 15.7. The van der Waals surface area contributed by atoms with Gasteiger partial charge in [0.05, 0.1) is 11.4 Å². The SMILES string of the molecule is Cc1cc(O)c(-c2cc(C(=O)Nc3ccccc3F)[nH]n2)cc1C. The number of amides is 1. The second-order valence-corrected chi connectivity index (χ2v) is 5.55. The van der Waals surface area contributed by atoms with Gasteiger partial charge in [0.15, 0.2) is 0 Å². The van der Waals surface area contributed by atoms with E-state index in [0.717, 1.165) is 11.1 Å². The molecule has 1 heterocycles. The summed E-state index contributed by atoms with van der Waals surface area (Å²) in [6, 6.07) is 10.9. The second-order valence-electron chi connectivity index (χ2n) is 5.55. The summed E-state index contributed by atoms with van der Waals surface area (Å²) >= 11 is 0. The molecule has 0 saturated heterocycles. The molecule has 1 aromatic heterocycles. The van der Waals surface area contributed by atoms with E-state index in [1.165, 1.54) is 18.2 Å². The molecule has 0 unspecified atom stereocenters. The number of carbonyl (C=O) groups excluding carboxylic acids is 1. The molecule has 122 valence electrons. The summed E-state index contributed by atoms with van der Waals surface area (Å²) < 4.78 is 13.6. The number of phenolic OH excluding ortho intramolecular Hbond substituents is 1. The lowest BCUT2D eigenvalue weighted by Gasteiger charge is -2.06. The Kier molecular flexibility index (Phi) is 4.04. The molecule has 0 fully saturated rings. The molecule has 0 aliphatic carbocycles. The van der Waals surface area contributed by atoms with E-state index in [1.807, 2.05) is 13.8 Å². The molecular weight excluding hydrogens is 309 g/mol. The van der Waals surface area contributed by atoms with Crippen LogP contribution in [0, 0.1) is 19.7 Å². The van der Waals surface area contributed by atoms with Gasteiger partial charge in [0.2, 0.25) is 0 Å². The minimum Gasteiger partial charge on any atom is -0.507 e. The molecule has 0 spiro atoms. The number of nitrogens with zero attached hydrogens (tertiary/aromatic N) is 1. The minimum atomic E-state index is -0.516. The molecule has 3 N–H and O–H groups in total. The lowest BCUT2D eigenvalue weighted by molar-refractivity contribution is 0.102. The number of aromatic hydroxyl groups is 1. The van der Waals surface area contributed by atoms with Gasteiger partial charge in [-0.25, -0.2) is 4.39 Å². The quantitative estimate of drug-likeness (QED) is 0.685. The molecule has 3 aromatic rings. The molecule has 6 heteroatoms. The number of halogens is 1. The van der Waals surface area contributed by atoms with Gasteiger partial charge in [0, 0.05) is 5.56 Å². The van der Waals surface area contributed by atoms with Gasteiger partial charge in [-0.1, -0.05) is 12.1 Å². The second kappa shape index (κ2) is 6.16. The van der Waals surface area contributed by atoms with Crippen molar-refractivity contribution in [2.45, 2.75) is 13.8 Å². The monoisotopic (exact) mass is 325 g/mol. The third kappa shape index (κ3) is 2.99. The van der Waals surface area contributed by atoms with Crippen molar-refractivity contribution in [3.05, 3.63) is 65.1 Å². The molecule has 0 aliphatic rings. The standard InChI is InChI=1S/C18H16FN3O2/c1-10-7-12(17(23)8-11(10)2)15-9-16(22-21-15)18(24)20-14-6-4-3-5-13(14)19/h3-9,23H,1-2H3,(H,20,24)(H,21,22). The van der Waals surface area contributed by atoms with Crippen LogP contribution in [-0.4, -0.2) is 21.2 Å². The summed E-state index contributed by atoms with van der Waals surface area (Å²) in [6.45, 7) is 3.83. The predicted octanol–water partition coefficient (Wildman–Crippen LogP) is 3.79. The first-order chi connectivity index (χ1) is 11.5. The first-order valence-electron chi connectivity index (χ1n) is 7.37. The Bertz CT molecular complexity index is 918. The number of aryl methyl sites for hydroxylation is 2. The van der Waals surface area contributed by atoms with Gasteiger partial charge in [0.1, 0.15) is 17.3 Å². The maximum atomic E-state index is 13.6. The summed E-state index contributed by atoms with van der Waals surface area (Å²) in [5, 5.41) is 19.2. The van der Waals surface area contributed by atoms with E-state index in [2.05, 4.69) is 15.5 Å². The van der Waals surface area contributed by atoms with Crippen molar-refractivity contribution >= 4 is 11.6 Å². The maximum Gasteiger partial charge on any atom is 0.273 e. The molecule has 2 aromatic carbocycles. The van der Waals surface area contributed by atoms with Crippen LogP contribution in [0.15, 0.2) is 42.5 Å². The largest absolute Gasteiger partial charge is 0.507 e. The predicted molar refractivity (Wildman–Crippen MR) is 89.5 cm³/mol. The van der Waals surface area contributed by atoms with E-state index < -0.39 is 11.7 Å². The number of phenols is 1. The molecule has 0 saturated carbocycles. The Morgan fingerprint density at radius 1 is 1.17 bits per heavy atom. The van der Waals surface area contributed by atoms with Crippen molar-refractivity contribution in [2.75, 3.05) is 5.32 Å². The molecule has 0 atom stereocenters. The van der Waals surface area contributed by atoms with E-state index in [1.54, 1.807) is 24.3 Å². The van der Waals surface area contributed by atoms with Gasteiger partial charge >= 0.3 is 0 Å². The third-order valence-electron chi connectivity index (χ3n) is 3.83. The van der Waals surface area contributed by atoms with Crippen LogP contribution in [0.5, 0.6) is 5.75 Å². The fourth-order valence-corrected chi connectivity index (χ4v) is 2.33. The van der Waals surface area contributed by atoms with Crippen molar-refractivity contribution in [1.82, 2.24) is 10.2 Å². The summed E-state index contributed by atoms with van der Waals surface area (Å²) in [4.78, 5) is 12.2. The van der Waals surface area contributed by atoms with Crippen LogP contribution in [-0.2, 0) is 0 Å². The first-order valence-corrected chi connectivity index (χ1v) is 7.37. The molecule has 0 radical (unpaired) electrons. The van der Waals surface area contributed by atoms with Gasteiger partial charge in [0.25, 0.3) is 5.91 Å². The fraction of sp³-hybridized carbons (Fsp3) is 0.111. The molecular formula is C18H16FN3O2. The number of anilines is 1. The minimum absolute atomic E-state index is 0.0886. The Balaban J connectivity index is 1.87. The van der Waals surface area contributed by atoms with E-state index in [-0.39, 0.29) is 17.1 Å². The Hall–Kier alpha value is -3.15. The van der Waals surface area contributed by atoms with Crippen molar-refractivity contribution in [3.63, 3.8) is 0 Å². The number of aromatic amines is 1. The molecule has 1 amide bonds. The highest BCUT2D eigenvalue weighted by molar-refractivity contribution is 6.03. The van der Waals surface area contributed by atoms with Crippen LogP contribution in [0.25, 0.3) is 11.3 Å². The summed E-state index contributed by atoms with van der Waals surface area (Å²) in [6.07, 6.45) is 0. The van der Waals surface area contributed by atoms with Crippen LogP contribution in [0.2, 0.25) is 0 Å². The van der Waals surface area contributed by atoms with E-state index in [4.69, 9.17) is 0 Å². The number of carbonyl (C=O) groups is 1. The number of hydrogen-bond acceptors (Lipinski definition) is 3. The van der Waals surface area contributed by atoms with Crippen LogP contribution >= 0.6 is 0 Å². The highest BCUT2D eigenvalue weighted by Gasteiger charge is 2.15. The van der Waals surface area contributed by atoms with Crippen molar-refractivity contribution < 1.29 is 14.3 Å². The lowest BCUT2D eigenvalue weighted by atomic mass is 10.0. The van der Waals surface area contributed by atoms with Crippen molar-refractivity contribution in [2.24, 2.45) is 0 Å². The molecule has 3 rings (SSSR count). The topological polar surface area (TPSA) is 78.0 Å². The van der Waals surface area contributed by atoms with Crippen molar-refractivity contribution in [3.8, 4) is 17.0 Å². The average Bonchev–Trinajstić information content (AvgIpc) is 3.03. The fourth-order valence-electron chi connectivity index (χ4n) is 2.33. The molecule has 24 heavy (non-hydrogen) atoms. The van der Waals surface area contributed by atoms with E-state index in [0.29, 0.717) is 11.3 Å². The van der Waals surface area contributed by atoms with Crippen molar-refractivity contribution in [1.29, 1.82) is 0 Å². The zero-order valence-corrected chi connectivity index (χ0v) is 13.2. The van der Waals surface area contributed by atoms with Gasteiger partial charge in [-0.3, -0.25) is 9.89 Å². The van der Waals surface area contributed by atoms with Crippen LogP contribution in [0.1, 0.15) is 21.6 Å². The number of para-hydroxylation sites is 1. The van der Waals surface area contributed by atoms with Gasteiger partial charge < -0.3 is 10.4 Å². The number of H-pyrrole nitrogens is 1. The zero-order valence-electron chi connectivity index (χ0n) is 13.2.